The Balaban J connectivity index is 2.23. The largest absolute Gasteiger partial charge is 0.385 e. The van der Waals surface area contributed by atoms with Gasteiger partial charge in [-0.05, 0) is 6.42 Å². The van der Waals surface area contributed by atoms with Gasteiger partial charge in [-0.15, -0.1) is 11.3 Å². The van der Waals surface area contributed by atoms with Crippen LogP contribution < -0.4 is 11.1 Å². The fourth-order valence-corrected chi connectivity index (χ4v) is 1.54. The third-order valence-corrected chi connectivity index (χ3v) is 2.67. The van der Waals surface area contributed by atoms with Crippen molar-refractivity contribution in [2.75, 3.05) is 13.7 Å². The number of rotatable bonds is 6. The molecule has 1 aromatic heterocycles. The molecule has 1 rings (SSSR count). The molecule has 0 aliphatic rings. The number of methoxy groups -OCH3 is 1. The highest BCUT2D eigenvalue weighted by Gasteiger charge is 2.12. The van der Waals surface area contributed by atoms with E-state index in [9.17, 15) is 4.79 Å². The van der Waals surface area contributed by atoms with Crippen molar-refractivity contribution < 1.29 is 9.53 Å². The Morgan fingerprint density at radius 1 is 1.80 bits per heavy atom. The van der Waals surface area contributed by atoms with E-state index in [1.165, 1.54) is 11.3 Å². The zero-order valence-electron chi connectivity index (χ0n) is 8.60. The van der Waals surface area contributed by atoms with Gasteiger partial charge < -0.3 is 15.8 Å². The van der Waals surface area contributed by atoms with Gasteiger partial charge in [0.2, 0.25) is 5.91 Å². The first kappa shape index (κ1) is 12.1. The van der Waals surface area contributed by atoms with Crippen LogP contribution in [-0.4, -0.2) is 30.6 Å². The van der Waals surface area contributed by atoms with Gasteiger partial charge in [0, 0.05) is 24.8 Å². The van der Waals surface area contributed by atoms with Crippen molar-refractivity contribution in [2.45, 2.75) is 19.0 Å². The molecule has 15 heavy (non-hydrogen) atoms. The molecule has 0 aliphatic heterocycles. The van der Waals surface area contributed by atoms with Crippen LogP contribution in [0.5, 0.6) is 0 Å². The molecule has 1 heterocycles. The van der Waals surface area contributed by atoms with Gasteiger partial charge in [-0.25, -0.2) is 0 Å². The molecule has 0 fully saturated rings. The van der Waals surface area contributed by atoms with Crippen LogP contribution in [0.3, 0.4) is 0 Å². The van der Waals surface area contributed by atoms with E-state index in [1.807, 2.05) is 0 Å². The number of nitrogens with two attached hydrogens (primary N) is 1. The first-order chi connectivity index (χ1) is 7.24. The van der Waals surface area contributed by atoms with Gasteiger partial charge in [-0.3, -0.25) is 9.78 Å². The maximum Gasteiger partial charge on any atom is 0.237 e. The minimum Gasteiger partial charge on any atom is -0.385 e. The molecule has 0 radical (unpaired) electrons. The number of hydrogen-bond donors (Lipinski definition) is 2. The van der Waals surface area contributed by atoms with Crippen molar-refractivity contribution in [3.05, 3.63) is 16.6 Å². The van der Waals surface area contributed by atoms with Crippen LogP contribution in [0.25, 0.3) is 0 Å². The molecular weight excluding hydrogens is 214 g/mol. The van der Waals surface area contributed by atoms with Crippen LogP contribution in [0.4, 0.5) is 0 Å². The first-order valence-electron chi connectivity index (χ1n) is 4.63. The summed E-state index contributed by atoms with van der Waals surface area (Å²) >= 11 is 1.50. The van der Waals surface area contributed by atoms with E-state index < -0.39 is 6.04 Å². The second-order valence-electron chi connectivity index (χ2n) is 3.07. The SMILES string of the molecule is COCCC(N)C(=O)NCc1cncs1. The molecule has 1 amide bonds. The molecule has 0 saturated heterocycles. The molecule has 0 aromatic carbocycles. The van der Waals surface area contributed by atoms with E-state index >= 15 is 0 Å². The molecule has 0 spiro atoms. The van der Waals surface area contributed by atoms with Gasteiger partial charge in [0.05, 0.1) is 18.1 Å². The van der Waals surface area contributed by atoms with Crippen LogP contribution in [0, 0.1) is 0 Å². The van der Waals surface area contributed by atoms with Crippen LogP contribution in [-0.2, 0) is 16.1 Å². The highest BCUT2D eigenvalue weighted by atomic mass is 32.1. The summed E-state index contributed by atoms with van der Waals surface area (Å²) in [5.41, 5.74) is 7.37. The molecule has 5 nitrogen and oxygen atoms in total. The van der Waals surface area contributed by atoms with E-state index in [0.717, 1.165) is 4.88 Å². The summed E-state index contributed by atoms with van der Waals surface area (Å²) in [6, 6.07) is -0.502. The zero-order chi connectivity index (χ0) is 11.1. The molecule has 1 atom stereocenters. The van der Waals surface area contributed by atoms with Gasteiger partial charge in [-0.1, -0.05) is 0 Å². The third kappa shape index (κ3) is 4.37. The number of ether oxygens (including phenoxy) is 1. The predicted octanol–water partition coefficient (Wildman–Crippen LogP) is 0.123. The Morgan fingerprint density at radius 2 is 2.60 bits per heavy atom. The van der Waals surface area contributed by atoms with Crippen molar-refractivity contribution >= 4 is 17.2 Å². The van der Waals surface area contributed by atoms with Crippen LogP contribution in [0.15, 0.2) is 11.7 Å². The first-order valence-corrected chi connectivity index (χ1v) is 5.51. The standard InChI is InChI=1S/C9H15N3O2S/c1-14-3-2-8(10)9(13)12-5-7-4-11-6-15-7/h4,6,8H,2-3,5,10H2,1H3,(H,12,13). The molecule has 84 valence electrons. The third-order valence-electron chi connectivity index (χ3n) is 1.89. The topological polar surface area (TPSA) is 77.2 Å². The average Bonchev–Trinajstić information content (AvgIpc) is 2.75. The van der Waals surface area contributed by atoms with E-state index in [2.05, 4.69) is 10.3 Å². The molecule has 1 aromatic rings. The van der Waals surface area contributed by atoms with E-state index in [0.29, 0.717) is 19.6 Å². The second kappa shape index (κ2) is 6.49. The number of carbonyl (C=O) groups excluding carboxylic acids is 1. The van der Waals surface area contributed by atoms with E-state index in [4.69, 9.17) is 10.5 Å². The molecule has 0 aliphatic carbocycles. The predicted molar refractivity (Wildman–Crippen MR) is 58.4 cm³/mol. The summed E-state index contributed by atoms with van der Waals surface area (Å²) in [6.45, 7) is 0.985. The molecule has 1 unspecified atom stereocenters. The minimum absolute atomic E-state index is 0.152. The molecular formula is C9H15N3O2S. The lowest BCUT2D eigenvalue weighted by Crippen LogP contribution is -2.40. The highest BCUT2D eigenvalue weighted by molar-refractivity contribution is 7.09. The van der Waals surface area contributed by atoms with Crippen molar-refractivity contribution in [1.29, 1.82) is 0 Å². The van der Waals surface area contributed by atoms with Crippen molar-refractivity contribution in [3.8, 4) is 0 Å². The van der Waals surface area contributed by atoms with Gasteiger partial charge in [0.25, 0.3) is 0 Å². The monoisotopic (exact) mass is 229 g/mol. The Bertz CT molecular complexity index is 290. The Morgan fingerprint density at radius 3 is 3.20 bits per heavy atom. The summed E-state index contributed by atoms with van der Waals surface area (Å²) in [5.74, 6) is -0.152. The Labute approximate surface area is 92.6 Å². The number of nitrogens with zero attached hydrogens (tertiary/aromatic N) is 1. The quantitative estimate of drug-likeness (QED) is 0.726. The molecule has 6 heteroatoms. The van der Waals surface area contributed by atoms with Crippen molar-refractivity contribution in [3.63, 3.8) is 0 Å². The summed E-state index contributed by atoms with van der Waals surface area (Å²) in [7, 11) is 1.59. The zero-order valence-corrected chi connectivity index (χ0v) is 9.42. The second-order valence-corrected chi connectivity index (χ2v) is 4.04. The summed E-state index contributed by atoms with van der Waals surface area (Å²) in [6.07, 6.45) is 2.26. The fraction of sp³-hybridized carbons (Fsp3) is 0.556. The number of amides is 1. The summed E-state index contributed by atoms with van der Waals surface area (Å²) < 4.78 is 4.85. The normalized spacial score (nSPS) is 12.4. The van der Waals surface area contributed by atoms with E-state index in [-0.39, 0.29) is 5.91 Å². The van der Waals surface area contributed by atoms with Crippen LogP contribution >= 0.6 is 11.3 Å². The van der Waals surface area contributed by atoms with Crippen molar-refractivity contribution in [2.24, 2.45) is 5.73 Å². The van der Waals surface area contributed by atoms with Gasteiger partial charge >= 0.3 is 0 Å². The lowest BCUT2D eigenvalue weighted by Gasteiger charge is -2.10. The lowest BCUT2D eigenvalue weighted by molar-refractivity contribution is -0.122. The van der Waals surface area contributed by atoms with Gasteiger partial charge in [-0.2, -0.15) is 0 Å². The number of carbonyl (C=O) groups is 1. The molecule has 3 N–H and O–H groups in total. The fourth-order valence-electron chi connectivity index (χ4n) is 1.01. The molecule has 0 saturated carbocycles. The Kier molecular flexibility index (Phi) is 5.23. The highest BCUT2D eigenvalue weighted by Crippen LogP contribution is 2.04. The van der Waals surface area contributed by atoms with Gasteiger partial charge in [0.1, 0.15) is 0 Å². The number of nitrogens with one attached hydrogen (secondary N) is 1. The van der Waals surface area contributed by atoms with Gasteiger partial charge in [0.15, 0.2) is 0 Å². The van der Waals surface area contributed by atoms with Crippen LogP contribution in [0.2, 0.25) is 0 Å². The lowest BCUT2D eigenvalue weighted by atomic mass is 10.2. The summed E-state index contributed by atoms with van der Waals surface area (Å²) in [4.78, 5) is 16.4. The number of thiazole rings is 1. The van der Waals surface area contributed by atoms with E-state index in [1.54, 1.807) is 18.8 Å². The van der Waals surface area contributed by atoms with Crippen molar-refractivity contribution in [1.82, 2.24) is 10.3 Å². The smallest absolute Gasteiger partial charge is 0.237 e. The molecule has 0 bridgehead atoms. The average molecular weight is 229 g/mol. The maximum atomic E-state index is 11.4. The Hall–Kier alpha value is -0.980. The number of aromatic nitrogens is 1. The van der Waals surface area contributed by atoms with Crippen LogP contribution in [0.1, 0.15) is 11.3 Å². The maximum absolute atomic E-state index is 11.4. The number of hydrogen-bond acceptors (Lipinski definition) is 5. The summed E-state index contributed by atoms with van der Waals surface area (Å²) in [5, 5.41) is 2.74. The minimum atomic E-state index is -0.502.